The van der Waals surface area contributed by atoms with Crippen molar-refractivity contribution in [2.75, 3.05) is 37.4 Å². The summed E-state index contributed by atoms with van der Waals surface area (Å²) in [5.41, 5.74) is 5.18. The molecule has 1 aromatic heterocycles. The second-order valence-electron chi connectivity index (χ2n) is 2.95. The minimum Gasteiger partial charge on any atom is -0.394 e. The highest BCUT2D eigenvalue weighted by Gasteiger charge is 2.08. The molecular weight excluding hydrogens is 220 g/mol. The number of pyridine rings is 1. The molecule has 0 aliphatic heterocycles. The van der Waals surface area contributed by atoms with Crippen molar-refractivity contribution in [2.45, 2.75) is 0 Å². The van der Waals surface area contributed by atoms with Crippen molar-refractivity contribution in [2.24, 2.45) is 0 Å². The van der Waals surface area contributed by atoms with E-state index in [2.05, 4.69) is 10.3 Å². The molecule has 0 fully saturated rings. The Labute approximate surface area is 91.2 Å². The van der Waals surface area contributed by atoms with E-state index in [-0.39, 0.29) is 38.0 Å². The Hall–Kier alpha value is -1.47. The number of nitrogen functional groups attached to an aromatic ring is 1. The molecule has 0 aliphatic rings. The zero-order valence-electron chi connectivity index (χ0n) is 8.54. The third kappa shape index (κ3) is 3.59. The number of hydrogen-bond donors (Lipinski definition) is 3. The van der Waals surface area contributed by atoms with Gasteiger partial charge in [-0.05, 0) is 0 Å². The topological polar surface area (TPSA) is 80.4 Å². The average Bonchev–Trinajstić information content (AvgIpc) is 2.25. The number of anilines is 2. The second kappa shape index (κ2) is 6.19. The van der Waals surface area contributed by atoms with Gasteiger partial charge in [0.1, 0.15) is 0 Å². The molecule has 0 bridgehead atoms. The molecule has 16 heavy (non-hydrogen) atoms. The normalized spacial score (nSPS) is 10.4. The Morgan fingerprint density at radius 2 is 2.12 bits per heavy atom. The Balaban J connectivity index is 2.45. The number of nitrogens with zero attached hydrogens (tertiary/aromatic N) is 1. The number of nitrogens with one attached hydrogen (secondary N) is 1. The standard InChI is InChI=1S/C9H13F2N3O2/c10-6-5-7(11)9(14-8(6)12)13-1-3-16-4-2-15/h5,15H,1-4H2,(H3,12,13,14). The van der Waals surface area contributed by atoms with Crippen LogP contribution in [0.2, 0.25) is 0 Å². The molecule has 4 N–H and O–H groups in total. The first-order valence-corrected chi connectivity index (χ1v) is 4.69. The minimum absolute atomic E-state index is 0.0733. The summed E-state index contributed by atoms with van der Waals surface area (Å²) in [6, 6.07) is 0.666. The van der Waals surface area contributed by atoms with Crippen LogP contribution in [0, 0.1) is 11.6 Å². The highest BCUT2D eigenvalue weighted by atomic mass is 19.1. The van der Waals surface area contributed by atoms with Crippen LogP contribution < -0.4 is 11.1 Å². The largest absolute Gasteiger partial charge is 0.394 e. The Morgan fingerprint density at radius 3 is 2.81 bits per heavy atom. The molecular formula is C9H13F2N3O2. The van der Waals surface area contributed by atoms with E-state index < -0.39 is 11.6 Å². The number of ether oxygens (including phenoxy) is 1. The zero-order valence-corrected chi connectivity index (χ0v) is 8.54. The molecule has 5 nitrogen and oxygen atoms in total. The summed E-state index contributed by atoms with van der Waals surface area (Å²) in [6.07, 6.45) is 0. The lowest BCUT2D eigenvalue weighted by Gasteiger charge is -2.07. The van der Waals surface area contributed by atoms with Crippen molar-refractivity contribution in [1.29, 1.82) is 0 Å². The highest BCUT2D eigenvalue weighted by molar-refractivity contribution is 5.44. The lowest BCUT2D eigenvalue weighted by Crippen LogP contribution is -2.14. The van der Waals surface area contributed by atoms with Crippen molar-refractivity contribution in [1.82, 2.24) is 4.98 Å². The predicted molar refractivity (Wildman–Crippen MR) is 55.0 cm³/mol. The van der Waals surface area contributed by atoms with Gasteiger partial charge in [0, 0.05) is 12.6 Å². The Bertz CT molecular complexity index is 350. The van der Waals surface area contributed by atoms with Gasteiger partial charge in [-0.15, -0.1) is 0 Å². The van der Waals surface area contributed by atoms with Gasteiger partial charge in [0.15, 0.2) is 23.3 Å². The summed E-state index contributed by atoms with van der Waals surface area (Å²) in [7, 11) is 0. The fraction of sp³-hybridized carbons (Fsp3) is 0.444. The zero-order chi connectivity index (χ0) is 12.0. The van der Waals surface area contributed by atoms with Crippen molar-refractivity contribution in [3.63, 3.8) is 0 Å². The smallest absolute Gasteiger partial charge is 0.168 e. The molecule has 90 valence electrons. The van der Waals surface area contributed by atoms with E-state index in [9.17, 15) is 8.78 Å². The van der Waals surface area contributed by atoms with E-state index in [4.69, 9.17) is 15.6 Å². The summed E-state index contributed by atoms with van der Waals surface area (Å²) < 4.78 is 30.8. The van der Waals surface area contributed by atoms with Gasteiger partial charge in [-0.25, -0.2) is 13.8 Å². The van der Waals surface area contributed by atoms with Crippen molar-refractivity contribution in [3.8, 4) is 0 Å². The molecule has 0 unspecified atom stereocenters. The van der Waals surface area contributed by atoms with E-state index in [1.54, 1.807) is 0 Å². The number of aliphatic hydroxyl groups excluding tert-OH is 1. The van der Waals surface area contributed by atoms with E-state index in [1.165, 1.54) is 0 Å². The number of nitrogens with two attached hydrogens (primary N) is 1. The van der Waals surface area contributed by atoms with Gasteiger partial charge in [-0.3, -0.25) is 0 Å². The van der Waals surface area contributed by atoms with E-state index in [1.807, 2.05) is 0 Å². The van der Waals surface area contributed by atoms with E-state index in [0.717, 1.165) is 0 Å². The van der Waals surface area contributed by atoms with Gasteiger partial charge in [-0.2, -0.15) is 0 Å². The first kappa shape index (κ1) is 12.6. The lowest BCUT2D eigenvalue weighted by atomic mass is 10.4. The van der Waals surface area contributed by atoms with Crippen LogP contribution in [0.1, 0.15) is 0 Å². The van der Waals surface area contributed by atoms with E-state index >= 15 is 0 Å². The molecule has 0 atom stereocenters. The van der Waals surface area contributed by atoms with Gasteiger partial charge >= 0.3 is 0 Å². The van der Waals surface area contributed by atoms with Crippen LogP contribution in [0.4, 0.5) is 20.4 Å². The first-order chi connectivity index (χ1) is 7.65. The van der Waals surface area contributed by atoms with Crippen LogP contribution in [-0.4, -0.2) is 36.5 Å². The van der Waals surface area contributed by atoms with Crippen LogP contribution in [0.5, 0.6) is 0 Å². The fourth-order valence-electron chi connectivity index (χ4n) is 1.01. The average molecular weight is 233 g/mol. The van der Waals surface area contributed by atoms with Crippen LogP contribution in [0.15, 0.2) is 6.07 Å². The maximum Gasteiger partial charge on any atom is 0.168 e. The van der Waals surface area contributed by atoms with Crippen LogP contribution in [0.25, 0.3) is 0 Å². The maximum absolute atomic E-state index is 13.1. The van der Waals surface area contributed by atoms with Crippen molar-refractivity contribution < 1.29 is 18.6 Å². The van der Waals surface area contributed by atoms with Gasteiger partial charge < -0.3 is 20.9 Å². The molecule has 1 rings (SSSR count). The molecule has 1 aromatic rings. The van der Waals surface area contributed by atoms with Gasteiger partial charge in [0.25, 0.3) is 0 Å². The Morgan fingerprint density at radius 1 is 1.38 bits per heavy atom. The number of halogens is 2. The minimum atomic E-state index is -0.889. The molecule has 0 saturated carbocycles. The van der Waals surface area contributed by atoms with Gasteiger partial charge in [0.2, 0.25) is 0 Å². The van der Waals surface area contributed by atoms with Crippen molar-refractivity contribution >= 4 is 11.6 Å². The molecule has 0 aliphatic carbocycles. The van der Waals surface area contributed by atoms with Gasteiger partial charge in [0.05, 0.1) is 19.8 Å². The summed E-state index contributed by atoms with van der Waals surface area (Å²) in [5.74, 6) is -2.18. The molecule has 0 saturated heterocycles. The molecule has 0 radical (unpaired) electrons. The molecule has 0 aromatic carbocycles. The molecule has 0 amide bonds. The highest BCUT2D eigenvalue weighted by Crippen LogP contribution is 2.15. The molecule has 7 heteroatoms. The third-order valence-corrected chi connectivity index (χ3v) is 1.73. The number of aliphatic hydroxyl groups is 1. The summed E-state index contributed by atoms with van der Waals surface area (Å²) in [5, 5.41) is 11.0. The molecule has 1 heterocycles. The number of hydrogen-bond acceptors (Lipinski definition) is 5. The third-order valence-electron chi connectivity index (χ3n) is 1.73. The van der Waals surface area contributed by atoms with Crippen LogP contribution in [-0.2, 0) is 4.74 Å². The fourth-order valence-corrected chi connectivity index (χ4v) is 1.01. The lowest BCUT2D eigenvalue weighted by molar-refractivity contribution is 0.0991. The van der Waals surface area contributed by atoms with Crippen molar-refractivity contribution in [3.05, 3.63) is 17.7 Å². The van der Waals surface area contributed by atoms with E-state index in [0.29, 0.717) is 6.07 Å². The summed E-state index contributed by atoms with van der Waals surface area (Å²) in [4.78, 5) is 3.50. The summed E-state index contributed by atoms with van der Waals surface area (Å²) in [6.45, 7) is 0.702. The molecule has 0 spiro atoms. The first-order valence-electron chi connectivity index (χ1n) is 4.69. The maximum atomic E-state index is 13.1. The summed E-state index contributed by atoms with van der Waals surface area (Å²) >= 11 is 0. The SMILES string of the molecule is Nc1nc(NCCOCCO)c(F)cc1F. The quantitative estimate of drug-likeness (QED) is 0.618. The Kier molecular flexibility index (Phi) is 4.87. The predicted octanol–water partition coefficient (Wildman–Crippen LogP) is 0.363. The number of aromatic nitrogens is 1. The monoisotopic (exact) mass is 233 g/mol. The van der Waals surface area contributed by atoms with Crippen LogP contribution in [0.3, 0.4) is 0 Å². The number of rotatable bonds is 6. The second-order valence-corrected chi connectivity index (χ2v) is 2.95. The van der Waals surface area contributed by atoms with Crippen LogP contribution >= 0.6 is 0 Å². The van der Waals surface area contributed by atoms with Gasteiger partial charge in [-0.1, -0.05) is 0 Å².